The number of hydrogen-bond acceptors (Lipinski definition) is 3. The van der Waals surface area contributed by atoms with E-state index in [0.29, 0.717) is 12.4 Å². The molecule has 1 aromatic heterocycles. The minimum absolute atomic E-state index is 0.183. The maximum Gasteiger partial charge on any atom is 0.322 e. The highest BCUT2D eigenvalue weighted by Gasteiger charge is 2.27. The lowest BCUT2D eigenvalue weighted by molar-refractivity contribution is 0.116. The number of aryl methyl sites for hydroxylation is 2. The van der Waals surface area contributed by atoms with E-state index in [1.165, 1.54) is 0 Å². The van der Waals surface area contributed by atoms with Crippen LogP contribution in [0.1, 0.15) is 25.0 Å². The largest absolute Gasteiger partial charge is 0.393 e. The van der Waals surface area contributed by atoms with E-state index in [2.05, 4.69) is 10.4 Å². The van der Waals surface area contributed by atoms with Crippen LogP contribution in [-0.4, -0.2) is 45.5 Å². The van der Waals surface area contributed by atoms with Gasteiger partial charge in [-0.3, -0.25) is 10.00 Å². The van der Waals surface area contributed by atoms with Crippen LogP contribution in [0.5, 0.6) is 0 Å². The average molecular weight is 266 g/mol. The van der Waals surface area contributed by atoms with Gasteiger partial charge in [-0.05, 0) is 19.8 Å². The van der Waals surface area contributed by atoms with Crippen molar-refractivity contribution in [2.45, 2.75) is 32.3 Å². The first kappa shape index (κ1) is 13.9. The normalized spacial score (nSPS) is 22.5. The van der Waals surface area contributed by atoms with Crippen LogP contribution in [0.25, 0.3) is 0 Å². The number of nitrogens with one attached hydrogen (secondary N) is 1. The first-order chi connectivity index (χ1) is 8.97. The fourth-order valence-corrected chi connectivity index (χ4v) is 2.49. The molecule has 19 heavy (non-hydrogen) atoms. The van der Waals surface area contributed by atoms with E-state index in [9.17, 15) is 9.90 Å². The number of hydrogen-bond donors (Lipinski definition) is 2. The Kier molecular flexibility index (Phi) is 4.09. The lowest BCUT2D eigenvalue weighted by atomic mass is 10.1. The Balaban J connectivity index is 1.88. The zero-order valence-corrected chi connectivity index (χ0v) is 11.8. The second-order valence-electron chi connectivity index (χ2n) is 5.36. The summed E-state index contributed by atoms with van der Waals surface area (Å²) in [6.07, 6.45) is 2.61. The summed E-state index contributed by atoms with van der Waals surface area (Å²) < 4.78 is 1.72. The minimum Gasteiger partial charge on any atom is -0.393 e. The number of aliphatic hydroxyl groups is 1. The molecule has 6 nitrogen and oxygen atoms in total. The van der Waals surface area contributed by atoms with Gasteiger partial charge in [-0.25, -0.2) is 4.79 Å². The summed E-state index contributed by atoms with van der Waals surface area (Å²) in [5.41, 5.74) is 0.990. The van der Waals surface area contributed by atoms with Crippen LogP contribution in [0, 0.1) is 12.8 Å². The number of anilines is 1. The predicted molar refractivity (Wildman–Crippen MR) is 72.9 cm³/mol. The van der Waals surface area contributed by atoms with Crippen molar-refractivity contribution < 1.29 is 9.90 Å². The third kappa shape index (κ3) is 3.26. The number of urea groups is 1. The Morgan fingerprint density at radius 1 is 1.63 bits per heavy atom. The van der Waals surface area contributed by atoms with Gasteiger partial charge in [0.05, 0.1) is 6.10 Å². The zero-order chi connectivity index (χ0) is 14.0. The molecule has 1 aromatic rings. The van der Waals surface area contributed by atoms with Crippen LogP contribution in [0.2, 0.25) is 0 Å². The maximum atomic E-state index is 12.0. The maximum absolute atomic E-state index is 12.0. The van der Waals surface area contributed by atoms with E-state index >= 15 is 0 Å². The molecular weight excluding hydrogens is 244 g/mol. The molecule has 2 N–H and O–H groups in total. The van der Waals surface area contributed by atoms with Crippen molar-refractivity contribution >= 4 is 11.8 Å². The summed E-state index contributed by atoms with van der Waals surface area (Å²) in [5, 5.41) is 16.7. The monoisotopic (exact) mass is 266 g/mol. The van der Waals surface area contributed by atoms with Gasteiger partial charge in [0.1, 0.15) is 0 Å². The standard InChI is InChI=1S/C13H22N4O2/c1-9-7-12(15-17(9)3)14-13(19)16(2)8-10-5-4-6-11(10)18/h7,10-11,18H,4-6,8H2,1-3H3,(H,14,15,19). The van der Waals surface area contributed by atoms with Gasteiger partial charge in [-0.2, -0.15) is 5.10 Å². The Labute approximate surface area is 113 Å². The lowest BCUT2D eigenvalue weighted by Gasteiger charge is -2.23. The molecular formula is C13H22N4O2. The molecule has 0 radical (unpaired) electrons. The summed E-state index contributed by atoms with van der Waals surface area (Å²) >= 11 is 0. The molecule has 2 unspecified atom stereocenters. The first-order valence-corrected chi connectivity index (χ1v) is 6.68. The number of aliphatic hydroxyl groups excluding tert-OH is 1. The van der Waals surface area contributed by atoms with Crippen LogP contribution in [-0.2, 0) is 7.05 Å². The fraction of sp³-hybridized carbons (Fsp3) is 0.692. The van der Waals surface area contributed by atoms with E-state index in [-0.39, 0.29) is 18.1 Å². The molecule has 1 aliphatic carbocycles. The van der Waals surface area contributed by atoms with Gasteiger partial charge in [0.2, 0.25) is 0 Å². The van der Waals surface area contributed by atoms with Crippen LogP contribution >= 0.6 is 0 Å². The van der Waals surface area contributed by atoms with E-state index in [0.717, 1.165) is 25.0 Å². The molecule has 6 heteroatoms. The first-order valence-electron chi connectivity index (χ1n) is 6.68. The molecule has 1 heterocycles. The topological polar surface area (TPSA) is 70.4 Å². The summed E-state index contributed by atoms with van der Waals surface area (Å²) in [6, 6.07) is 1.65. The third-order valence-electron chi connectivity index (χ3n) is 3.82. The van der Waals surface area contributed by atoms with Gasteiger partial charge in [0, 0.05) is 38.3 Å². The quantitative estimate of drug-likeness (QED) is 0.867. The Morgan fingerprint density at radius 2 is 2.37 bits per heavy atom. The van der Waals surface area contributed by atoms with Crippen LogP contribution < -0.4 is 5.32 Å². The van der Waals surface area contributed by atoms with Crippen LogP contribution in [0.15, 0.2) is 6.07 Å². The second kappa shape index (κ2) is 5.61. The highest BCUT2D eigenvalue weighted by Crippen LogP contribution is 2.26. The molecule has 0 aromatic carbocycles. The van der Waals surface area contributed by atoms with Gasteiger partial charge >= 0.3 is 6.03 Å². The minimum atomic E-state index is -0.271. The fourth-order valence-electron chi connectivity index (χ4n) is 2.49. The molecule has 2 rings (SSSR count). The SMILES string of the molecule is Cc1cc(NC(=O)N(C)CC2CCCC2O)nn1C. The van der Waals surface area contributed by atoms with Crippen molar-refractivity contribution in [3.05, 3.63) is 11.8 Å². The number of carbonyl (C=O) groups is 1. The number of amides is 2. The van der Waals surface area contributed by atoms with E-state index in [1.807, 2.05) is 20.0 Å². The molecule has 1 aliphatic rings. The van der Waals surface area contributed by atoms with Gasteiger partial charge in [-0.1, -0.05) is 6.42 Å². The highest BCUT2D eigenvalue weighted by atomic mass is 16.3. The zero-order valence-electron chi connectivity index (χ0n) is 11.8. The molecule has 2 amide bonds. The number of rotatable bonds is 3. The third-order valence-corrected chi connectivity index (χ3v) is 3.82. The Hall–Kier alpha value is -1.56. The van der Waals surface area contributed by atoms with E-state index in [4.69, 9.17) is 0 Å². The molecule has 0 saturated heterocycles. The van der Waals surface area contributed by atoms with Crippen molar-refractivity contribution in [2.24, 2.45) is 13.0 Å². The Morgan fingerprint density at radius 3 is 2.89 bits per heavy atom. The Bertz CT molecular complexity index is 438. The molecule has 2 atom stereocenters. The predicted octanol–water partition coefficient (Wildman–Crippen LogP) is 1.35. The van der Waals surface area contributed by atoms with Crippen molar-refractivity contribution in [3.63, 3.8) is 0 Å². The van der Waals surface area contributed by atoms with Gasteiger partial charge < -0.3 is 10.0 Å². The number of aromatic nitrogens is 2. The number of nitrogens with zero attached hydrogens (tertiary/aromatic N) is 3. The van der Waals surface area contributed by atoms with Gasteiger partial charge in [0.25, 0.3) is 0 Å². The van der Waals surface area contributed by atoms with Crippen molar-refractivity contribution in [1.82, 2.24) is 14.7 Å². The van der Waals surface area contributed by atoms with E-state index < -0.39 is 0 Å². The average Bonchev–Trinajstić information content (AvgIpc) is 2.87. The van der Waals surface area contributed by atoms with E-state index in [1.54, 1.807) is 16.6 Å². The number of carbonyl (C=O) groups excluding carboxylic acids is 1. The second-order valence-corrected chi connectivity index (χ2v) is 5.36. The molecule has 1 fully saturated rings. The van der Waals surface area contributed by atoms with Gasteiger partial charge in [-0.15, -0.1) is 0 Å². The van der Waals surface area contributed by atoms with Crippen molar-refractivity contribution in [3.8, 4) is 0 Å². The lowest BCUT2D eigenvalue weighted by Crippen LogP contribution is -2.37. The molecule has 0 aliphatic heterocycles. The summed E-state index contributed by atoms with van der Waals surface area (Å²) in [7, 11) is 3.58. The van der Waals surface area contributed by atoms with Crippen molar-refractivity contribution in [1.29, 1.82) is 0 Å². The summed E-state index contributed by atoms with van der Waals surface area (Å²) in [4.78, 5) is 13.6. The molecule has 0 bridgehead atoms. The van der Waals surface area contributed by atoms with Crippen molar-refractivity contribution in [2.75, 3.05) is 18.9 Å². The molecule has 106 valence electrons. The smallest absolute Gasteiger partial charge is 0.322 e. The molecule has 0 spiro atoms. The summed E-state index contributed by atoms with van der Waals surface area (Å²) in [5.74, 6) is 0.755. The van der Waals surface area contributed by atoms with Gasteiger partial charge in [0.15, 0.2) is 5.82 Å². The molecule has 1 saturated carbocycles. The van der Waals surface area contributed by atoms with Crippen LogP contribution in [0.4, 0.5) is 10.6 Å². The summed E-state index contributed by atoms with van der Waals surface area (Å²) in [6.45, 7) is 2.51. The highest BCUT2D eigenvalue weighted by molar-refractivity contribution is 5.88. The van der Waals surface area contributed by atoms with Crippen LogP contribution in [0.3, 0.4) is 0 Å².